The molecular weight excluding hydrogens is 441 g/mol. The van der Waals surface area contributed by atoms with Gasteiger partial charge in [0.05, 0.1) is 12.8 Å². The van der Waals surface area contributed by atoms with Crippen LogP contribution in [0.15, 0.2) is 35.3 Å². The molecule has 7 heteroatoms. The van der Waals surface area contributed by atoms with Crippen LogP contribution in [0.25, 0.3) is 0 Å². The summed E-state index contributed by atoms with van der Waals surface area (Å²) in [6.07, 6.45) is 1.94. The SMILES string of the molecule is CN=C(NCCCn1nc(C)cc1C)NCCc1ccc(OC)cc1.I. The lowest BCUT2D eigenvalue weighted by Crippen LogP contribution is -2.39. The first kappa shape index (κ1) is 22.3. The molecule has 1 aromatic carbocycles. The zero-order chi connectivity index (χ0) is 18.1. The maximum atomic E-state index is 5.17. The summed E-state index contributed by atoms with van der Waals surface area (Å²) < 4.78 is 7.23. The summed E-state index contributed by atoms with van der Waals surface area (Å²) >= 11 is 0. The molecule has 1 aromatic heterocycles. The number of halogens is 1. The second-order valence-corrected chi connectivity index (χ2v) is 6.03. The van der Waals surface area contributed by atoms with Crippen molar-refractivity contribution in [2.24, 2.45) is 4.99 Å². The van der Waals surface area contributed by atoms with Gasteiger partial charge >= 0.3 is 0 Å². The minimum Gasteiger partial charge on any atom is -0.497 e. The number of rotatable bonds is 8. The standard InChI is InChI=1S/C19H29N5O.HI/c1-15-14-16(2)24(23-15)13-5-11-21-19(20-3)22-12-10-17-6-8-18(25-4)9-7-17;/h6-9,14H,5,10-13H2,1-4H3,(H2,20,21,22);1H. The van der Waals surface area contributed by atoms with Gasteiger partial charge in [0.25, 0.3) is 0 Å². The highest BCUT2D eigenvalue weighted by Crippen LogP contribution is 2.11. The predicted molar refractivity (Wildman–Crippen MR) is 118 cm³/mol. The number of hydrogen-bond donors (Lipinski definition) is 2. The van der Waals surface area contributed by atoms with Crippen LogP contribution in [0.2, 0.25) is 0 Å². The Balaban J connectivity index is 0.00000338. The van der Waals surface area contributed by atoms with Crippen molar-refractivity contribution in [1.82, 2.24) is 20.4 Å². The van der Waals surface area contributed by atoms with Gasteiger partial charge in [-0.1, -0.05) is 12.1 Å². The lowest BCUT2D eigenvalue weighted by atomic mass is 10.1. The predicted octanol–water partition coefficient (Wildman–Crippen LogP) is 2.92. The van der Waals surface area contributed by atoms with Crippen molar-refractivity contribution in [1.29, 1.82) is 0 Å². The molecule has 0 amide bonds. The van der Waals surface area contributed by atoms with Crippen LogP contribution in [0.4, 0.5) is 0 Å². The molecule has 0 fully saturated rings. The molecule has 0 spiro atoms. The average Bonchev–Trinajstić information content (AvgIpc) is 2.95. The van der Waals surface area contributed by atoms with Crippen LogP contribution in [0.3, 0.4) is 0 Å². The van der Waals surface area contributed by atoms with Crippen molar-refractivity contribution in [3.63, 3.8) is 0 Å². The summed E-state index contributed by atoms with van der Waals surface area (Å²) in [6, 6.07) is 10.3. The molecule has 2 rings (SSSR count). The maximum Gasteiger partial charge on any atom is 0.190 e. The summed E-state index contributed by atoms with van der Waals surface area (Å²) in [4.78, 5) is 4.26. The highest BCUT2D eigenvalue weighted by Gasteiger charge is 2.01. The van der Waals surface area contributed by atoms with Crippen LogP contribution < -0.4 is 15.4 Å². The Morgan fingerprint density at radius 2 is 1.85 bits per heavy atom. The maximum absolute atomic E-state index is 5.17. The van der Waals surface area contributed by atoms with E-state index in [0.717, 1.165) is 49.9 Å². The summed E-state index contributed by atoms with van der Waals surface area (Å²) in [6.45, 7) is 6.73. The van der Waals surface area contributed by atoms with Gasteiger partial charge in [-0.2, -0.15) is 5.10 Å². The molecular formula is C19H30IN5O. The van der Waals surface area contributed by atoms with E-state index in [4.69, 9.17) is 4.74 Å². The number of nitrogens with one attached hydrogen (secondary N) is 2. The molecule has 1 heterocycles. The summed E-state index contributed by atoms with van der Waals surface area (Å²) in [7, 11) is 3.48. The number of nitrogens with zero attached hydrogens (tertiary/aromatic N) is 3. The van der Waals surface area contributed by atoms with Gasteiger partial charge < -0.3 is 15.4 Å². The largest absolute Gasteiger partial charge is 0.497 e. The van der Waals surface area contributed by atoms with Gasteiger partial charge in [0.15, 0.2) is 5.96 Å². The van der Waals surface area contributed by atoms with E-state index in [1.165, 1.54) is 11.3 Å². The normalized spacial score (nSPS) is 11.0. The molecule has 0 atom stereocenters. The lowest BCUT2D eigenvalue weighted by Gasteiger charge is -2.12. The second-order valence-electron chi connectivity index (χ2n) is 6.03. The molecule has 26 heavy (non-hydrogen) atoms. The van der Waals surface area contributed by atoms with Crippen molar-refractivity contribution < 1.29 is 4.74 Å². The van der Waals surface area contributed by atoms with E-state index < -0.39 is 0 Å². The fourth-order valence-electron chi connectivity index (χ4n) is 2.67. The van der Waals surface area contributed by atoms with E-state index in [1.807, 2.05) is 19.1 Å². The zero-order valence-corrected chi connectivity index (χ0v) is 18.4. The Bertz CT molecular complexity index is 682. The van der Waals surface area contributed by atoms with Crippen molar-refractivity contribution in [2.45, 2.75) is 33.2 Å². The third-order valence-electron chi connectivity index (χ3n) is 4.03. The Hall–Kier alpha value is -1.77. The van der Waals surface area contributed by atoms with Gasteiger partial charge in [-0.05, 0) is 50.5 Å². The van der Waals surface area contributed by atoms with Crippen LogP contribution in [0.5, 0.6) is 5.75 Å². The minimum atomic E-state index is 0. The van der Waals surface area contributed by atoms with Gasteiger partial charge in [-0.3, -0.25) is 9.67 Å². The lowest BCUT2D eigenvalue weighted by molar-refractivity contribution is 0.414. The number of ether oxygens (including phenoxy) is 1. The molecule has 2 N–H and O–H groups in total. The van der Waals surface area contributed by atoms with Gasteiger partial charge in [0.2, 0.25) is 0 Å². The number of aryl methyl sites for hydroxylation is 3. The third kappa shape index (κ3) is 7.23. The average molecular weight is 471 g/mol. The van der Waals surface area contributed by atoms with E-state index in [9.17, 15) is 0 Å². The highest BCUT2D eigenvalue weighted by atomic mass is 127. The van der Waals surface area contributed by atoms with Gasteiger partial charge in [-0.25, -0.2) is 0 Å². The molecule has 2 aromatic rings. The van der Waals surface area contributed by atoms with Crippen LogP contribution in [-0.4, -0.2) is 43.0 Å². The first-order valence-electron chi connectivity index (χ1n) is 8.71. The molecule has 0 radical (unpaired) electrons. The first-order valence-corrected chi connectivity index (χ1v) is 8.71. The Morgan fingerprint density at radius 1 is 1.15 bits per heavy atom. The van der Waals surface area contributed by atoms with Crippen LogP contribution >= 0.6 is 24.0 Å². The molecule has 0 unspecified atom stereocenters. The molecule has 0 aliphatic rings. The summed E-state index contributed by atoms with van der Waals surface area (Å²) in [5, 5.41) is 11.2. The van der Waals surface area contributed by atoms with E-state index >= 15 is 0 Å². The van der Waals surface area contributed by atoms with Crippen molar-refractivity contribution >= 4 is 29.9 Å². The molecule has 0 aliphatic carbocycles. The monoisotopic (exact) mass is 471 g/mol. The summed E-state index contributed by atoms with van der Waals surface area (Å²) in [5.41, 5.74) is 3.55. The van der Waals surface area contributed by atoms with Crippen molar-refractivity contribution in [2.75, 3.05) is 27.2 Å². The van der Waals surface area contributed by atoms with Gasteiger partial charge in [-0.15, -0.1) is 24.0 Å². The van der Waals surface area contributed by atoms with Crippen LogP contribution in [-0.2, 0) is 13.0 Å². The number of guanidine groups is 1. The van der Waals surface area contributed by atoms with Crippen LogP contribution in [0.1, 0.15) is 23.4 Å². The fourth-order valence-corrected chi connectivity index (χ4v) is 2.67. The fraction of sp³-hybridized carbons (Fsp3) is 0.474. The van der Waals surface area contributed by atoms with E-state index in [-0.39, 0.29) is 24.0 Å². The van der Waals surface area contributed by atoms with Gasteiger partial charge in [0, 0.05) is 32.4 Å². The van der Waals surface area contributed by atoms with E-state index in [2.05, 4.69) is 50.5 Å². The van der Waals surface area contributed by atoms with Crippen LogP contribution in [0, 0.1) is 13.8 Å². The Labute approximate surface area is 173 Å². The number of aliphatic imine (C=N–C) groups is 1. The molecule has 6 nitrogen and oxygen atoms in total. The summed E-state index contributed by atoms with van der Waals surface area (Å²) in [5.74, 6) is 1.72. The highest BCUT2D eigenvalue weighted by molar-refractivity contribution is 14.0. The van der Waals surface area contributed by atoms with Crippen molar-refractivity contribution in [3.05, 3.63) is 47.3 Å². The van der Waals surface area contributed by atoms with Gasteiger partial charge in [0.1, 0.15) is 5.75 Å². The third-order valence-corrected chi connectivity index (χ3v) is 4.03. The Morgan fingerprint density at radius 3 is 2.42 bits per heavy atom. The number of hydrogen-bond acceptors (Lipinski definition) is 3. The zero-order valence-electron chi connectivity index (χ0n) is 16.1. The first-order chi connectivity index (χ1) is 12.1. The van der Waals surface area contributed by atoms with Crippen molar-refractivity contribution in [3.8, 4) is 5.75 Å². The molecule has 0 saturated carbocycles. The number of benzene rings is 1. The Kier molecular flexibility index (Phi) is 10.1. The minimum absolute atomic E-state index is 0. The number of aromatic nitrogens is 2. The number of methoxy groups -OCH3 is 1. The topological polar surface area (TPSA) is 63.5 Å². The van der Waals surface area contributed by atoms with E-state index in [1.54, 1.807) is 14.2 Å². The molecule has 0 bridgehead atoms. The molecule has 0 saturated heterocycles. The molecule has 0 aliphatic heterocycles. The quantitative estimate of drug-likeness (QED) is 0.269. The molecule has 144 valence electrons. The second kappa shape index (κ2) is 11.8. The van der Waals surface area contributed by atoms with E-state index in [0.29, 0.717) is 0 Å². The smallest absolute Gasteiger partial charge is 0.190 e.